The topological polar surface area (TPSA) is 56.1 Å². The molecule has 2 aromatic heterocycles. The van der Waals surface area contributed by atoms with Crippen LogP contribution in [0.4, 0.5) is 0 Å². The molecule has 4 rings (SSSR count). The van der Waals surface area contributed by atoms with Crippen LogP contribution in [0, 0.1) is 20.0 Å². The number of hydrogen-bond donors (Lipinski definition) is 0. The van der Waals surface area contributed by atoms with Crippen molar-refractivity contribution in [3.8, 4) is 23.0 Å². The quantitative estimate of drug-likeness (QED) is 0.697. The Labute approximate surface area is 159 Å². The number of ether oxygens (including phenoxy) is 1. The summed E-state index contributed by atoms with van der Waals surface area (Å²) in [6.45, 7) is 7.25. The van der Waals surface area contributed by atoms with Gasteiger partial charge in [0.05, 0.1) is 24.7 Å². The van der Waals surface area contributed by atoms with Crippen LogP contribution in [0.2, 0.25) is 0 Å². The first-order valence-electron chi connectivity index (χ1n) is 9.32. The van der Waals surface area contributed by atoms with Crippen LogP contribution in [0.1, 0.15) is 29.8 Å². The molecule has 0 N–H and O–H groups in total. The number of likely N-dealkylation sites (tertiary alicyclic amines) is 1. The Morgan fingerprint density at radius 1 is 1.15 bits per heavy atom. The van der Waals surface area contributed by atoms with Gasteiger partial charge in [-0.25, -0.2) is 14.6 Å². The van der Waals surface area contributed by atoms with E-state index in [1.54, 1.807) is 17.9 Å². The monoisotopic (exact) mass is 362 g/mol. The number of aryl methyl sites for hydroxylation is 2. The molecule has 139 valence electrons. The molecule has 0 spiro atoms. The fraction of sp³-hybridized carbons (Fsp3) is 0.381. The lowest BCUT2D eigenvalue weighted by Crippen LogP contribution is -2.18. The maximum atomic E-state index is 5.59. The van der Waals surface area contributed by atoms with Gasteiger partial charge in [0.25, 0.3) is 5.95 Å². The molecule has 0 unspecified atom stereocenters. The fourth-order valence-corrected chi connectivity index (χ4v) is 3.63. The lowest BCUT2D eigenvalue weighted by atomic mass is 10.1. The summed E-state index contributed by atoms with van der Waals surface area (Å²) in [5.74, 6) is 1.32. The minimum absolute atomic E-state index is 0.519. The minimum Gasteiger partial charge on any atom is -0.496 e. The predicted molar refractivity (Wildman–Crippen MR) is 104 cm³/mol. The van der Waals surface area contributed by atoms with Gasteiger partial charge in [0.15, 0.2) is 0 Å². The lowest BCUT2D eigenvalue weighted by Gasteiger charge is -2.16. The van der Waals surface area contributed by atoms with E-state index in [4.69, 9.17) is 9.72 Å². The van der Waals surface area contributed by atoms with E-state index in [1.807, 2.05) is 26.0 Å². The van der Waals surface area contributed by atoms with Gasteiger partial charge in [0.1, 0.15) is 5.75 Å². The molecule has 1 fully saturated rings. The molecule has 3 heterocycles. The van der Waals surface area contributed by atoms with Gasteiger partial charge in [-0.3, -0.25) is 4.90 Å². The summed E-state index contributed by atoms with van der Waals surface area (Å²) in [4.78, 5) is 11.5. The Morgan fingerprint density at radius 2 is 1.96 bits per heavy atom. The second-order valence-corrected chi connectivity index (χ2v) is 7.04. The number of aromatic nitrogens is 4. The van der Waals surface area contributed by atoms with Crippen LogP contribution in [0.3, 0.4) is 0 Å². The minimum atomic E-state index is 0.519. The van der Waals surface area contributed by atoms with Gasteiger partial charge >= 0.3 is 0 Å². The van der Waals surface area contributed by atoms with Crippen LogP contribution < -0.4 is 4.74 Å². The summed E-state index contributed by atoms with van der Waals surface area (Å²) < 4.78 is 7.33. The van der Waals surface area contributed by atoms with Crippen LogP contribution >= 0.6 is 0 Å². The summed E-state index contributed by atoms with van der Waals surface area (Å²) in [5, 5.41) is 4.48. The van der Waals surface area contributed by atoms with E-state index < -0.39 is 0 Å². The van der Waals surface area contributed by atoms with Gasteiger partial charge in [-0.1, -0.05) is 6.07 Å². The highest BCUT2D eigenvalue weighted by molar-refractivity contribution is 5.68. The van der Waals surface area contributed by atoms with E-state index in [0.717, 1.165) is 34.9 Å². The molecule has 27 heavy (non-hydrogen) atoms. The van der Waals surface area contributed by atoms with Gasteiger partial charge in [0.2, 0.25) is 0 Å². The first-order chi connectivity index (χ1) is 13.1. The zero-order valence-corrected chi connectivity index (χ0v) is 16.1. The molecule has 0 aliphatic carbocycles. The van der Waals surface area contributed by atoms with Crippen molar-refractivity contribution in [1.29, 1.82) is 0 Å². The third-order valence-electron chi connectivity index (χ3n) is 4.93. The Balaban J connectivity index is 1.71. The number of hydrogen-bond acceptors (Lipinski definition) is 5. The Kier molecular flexibility index (Phi) is 4.90. The van der Waals surface area contributed by atoms with Crippen molar-refractivity contribution in [3.63, 3.8) is 0 Å². The molecule has 6 heteroatoms. The maximum Gasteiger partial charge on any atom is 0.251 e. The summed E-state index contributed by atoms with van der Waals surface area (Å²) >= 11 is 0. The zero-order valence-electron chi connectivity index (χ0n) is 16.1. The Hall–Kier alpha value is -2.73. The summed E-state index contributed by atoms with van der Waals surface area (Å²) in [6.07, 6.45) is 5.54. The van der Waals surface area contributed by atoms with E-state index in [1.165, 1.54) is 31.5 Å². The summed E-state index contributed by atoms with van der Waals surface area (Å²) in [7, 11) is 1.69. The highest BCUT2D eigenvalue weighted by Gasteiger charge is 2.15. The molecule has 0 saturated carbocycles. The highest BCUT2D eigenvalue weighted by atomic mass is 16.5. The van der Waals surface area contributed by atoms with E-state index >= 15 is 0 Å². The second kappa shape index (κ2) is 7.48. The second-order valence-electron chi connectivity index (χ2n) is 7.04. The zero-order chi connectivity index (χ0) is 18.8. The smallest absolute Gasteiger partial charge is 0.251 e. The molecule has 0 bridgehead atoms. The van der Waals surface area contributed by atoms with Crippen molar-refractivity contribution in [3.05, 3.63) is 53.5 Å². The molecule has 1 radical (unpaired) electrons. The third kappa shape index (κ3) is 3.71. The largest absolute Gasteiger partial charge is 0.496 e. The van der Waals surface area contributed by atoms with Crippen molar-refractivity contribution in [1.82, 2.24) is 24.6 Å². The summed E-state index contributed by atoms with van der Waals surface area (Å²) in [5.41, 5.74) is 4.93. The van der Waals surface area contributed by atoms with Gasteiger partial charge in [-0.05, 0) is 69.6 Å². The molecule has 1 saturated heterocycles. The molecule has 6 nitrogen and oxygen atoms in total. The Bertz CT molecular complexity index is 943. The van der Waals surface area contributed by atoms with Gasteiger partial charge in [0, 0.05) is 17.8 Å². The molecule has 3 aromatic rings. The van der Waals surface area contributed by atoms with Crippen LogP contribution in [0.5, 0.6) is 5.75 Å². The molecular weight excluding hydrogens is 338 g/mol. The average Bonchev–Trinajstić information content (AvgIpc) is 3.31. The summed E-state index contributed by atoms with van der Waals surface area (Å²) in [6, 6.07) is 10.1. The standard InChI is InChI=1S/C21H24N5O/c1-15-12-16(2)26(24-15)21-22-9-8-19(23-21)18-13-17(6-7-20(18)27-3)14-25-10-4-5-11-25/h6-8,12-13H,4-5,10-11,14H2,1-3H3. The molecule has 1 aliphatic rings. The van der Waals surface area contributed by atoms with Crippen LogP contribution in [-0.2, 0) is 6.54 Å². The van der Waals surface area contributed by atoms with Crippen molar-refractivity contribution < 1.29 is 4.74 Å². The number of benzene rings is 1. The molecule has 1 aliphatic heterocycles. The third-order valence-corrected chi connectivity index (χ3v) is 4.93. The van der Waals surface area contributed by atoms with E-state index in [0.29, 0.717) is 5.95 Å². The van der Waals surface area contributed by atoms with Crippen LogP contribution in [0.25, 0.3) is 17.2 Å². The van der Waals surface area contributed by atoms with E-state index in [2.05, 4.69) is 33.3 Å². The maximum absolute atomic E-state index is 5.59. The van der Waals surface area contributed by atoms with Crippen molar-refractivity contribution in [2.24, 2.45) is 0 Å². The SMILES string of the molecule is COc1ccc(CN2CCCC2)cc1-c1c[c]nc(-n2nc(C)cc2C)n1. The molecule has 0 amide bonds. The van der Waals surface area contributed by atoms with Crippen molar-refractivity contribution in [2.75, 3.05) is 20.2 Å². The molecule has 0 atom stereocenters. The normalized spacial score (nSPS) is 14.6. The van der Waals surface area contributed by atoms with Crippen LogP contribution in [0.15, 0.2) is 30.3 Å². The highest BCUT2D eigenvalue weighted by Crippen LogP contribution is 2.30. The number of methoxy groups -OCH3 is 1. The first kappa shape index (κ1) is 17.7. The Morgan fingerprint density at radius 3 is 2.67 bits per heavy atom. The number of nitrogens with zero attached hydrogens (tertiary/aromatic N) is 5. The van der Waals surface area contributed by atoms with Gasteiger partial charge in [-0.2, -0.15) is 5.10 Å². The fourth-order valence-electron chi connectivity index (χ4n) is 3.63. The van der Waals surface area contributed by atoms with E-state index in [-0.39, 0.29) is 0 Å². The van der Waals surface area contributed by atoms with E-state index in [9.17, 15) is 0 Å². The molecule has 1 aromatic carbocycles. The van der Waals surface area contributed by atoms with Crippen molar-refractivity contribution in [2.45, 2.75) is 33.2 Å². The lowest BCUT2D eigenvalue weighted by molar-refractivity contribution is 0.331. The first-order valence-corrected chi connectivity index (χ1v) is 9.32. The average molecular weight is 362 g/mol. The van der Waals surface area contributed by atoms with Gasteiger partial charge in [-0.15, -0.1) is 0 Å². The van der Waals surface area contributed by atoms with Crippen LogP contribution in [-0.4, -0.2) is 44.8 Å². The predicted octanol–water partition coefficient (Wildman–Crippen LogP) is 3.35. The van der Waals surface area contributed by atoms with Gasteiger partial charge < -0.3 is 4.74 Å². The number of rotatable bonds is 5. The molecular formula is C21H24N5O. The van der Waals surface area contributed by atoms with Crippen molar-refractivity contribution >= 4 is 0 Å².